The zero-order valence-electron chi connectivity index (χ0n) is 16.0. The van der Waals surface area contributed by atoms with E-state index in [0.29, 0.717) is 11.7 Å². The van der Waals surface area contributed by atoms with Gasteiger partial charge < -0.3 is 14.6 Å². The number of anilines is 1. The third-order valence-corrected chi connectivity index (χ3v) is 4.78. The zero-order valence-corrected chi connectivity index (χ0v) is 16.8. The summed E-state index contributed by atoms with van der Waals surface area (Å²) < 4.78 is 20.0. The van der Waals surface area contributed by atoms with Gasteiger partial charge in [-0.3, -0.25) is 4.79 Å². The Balaban J connectivity index is 2.00. The quantitative estimate of drug-likeness (QED) is 0.464. The normalized spacial score (nSPS) is 10.6. The van der Waals surface area contributed by atoms with Crippen molar-refractivity contribution in [2.45, 2.75) is 18.6 Å². The maximum atomic E-state index is 13.1. The van der Waals surface area contributed by atoms with Crippen LogP contribution in [0.2, 0.25) is 0 Å². The molecule has 6 nitrogen and oxygen atoms in total. The molecule has 0 radical (unpaired) electrons. The van der Waals surface area contributed by atoms with Gasteiger partial charge >= 0.3 is 5.97 Å². The predicted octanol–water partition coefficient (Wildman–Crippen LogP) is 4.22. The maximum Gasteiger partial charge on any atom is 0.358 e. The van der Waals surface area contributed by atoms with Crippen molar-refractivity contribution < 1.29 is 18.7 Å². The topological polar surface area (TPSA) is 73.2 Å². The van der Waals surface area contributed by atoms with Gasteiger partial charge in [-0.25, -0.2) is 14.2 Å². The number of carbonyl (C=O) groups is 2. The van der Waals surface area contributed by atoms with Crippen molar-refractivity contribution in [2.24, 2.45) is 0 Å². The summed E-state index contributed by atoms with van der Waals surface area (Å²) in [6.45, 7) is 2.29. The van der Waals surface area contributed by atoms with E-state index in [2.05, 4.69) is 10.3 Å². The molecule has 0 saturated heterocycles. The number of halogens is 1. The number of amides is 1. The molecule has 1 aromatic heterocycles. The first kappa shape index (κ1) is 20.6. The van der Waals surface area contributed by atoms with E-state index in [-0.39, 0.29) is 23.7 Å². The Morgan fingerprint density at radius 1 is 1.14 bits per heavy atom. The van der Waals surface area contributed by atoms with Gasteiger partial charge in [-0.15, -0.1) is 0 Å². The van der Waals surface area contributed by atoms with E-state index in [0.717, 1.165) is 5.56 Å². The van der Waals surface area contributed by atoms with E-state index in [1.165, 1.54) is 36.0 Å². The minimum atomic E-state index is -0.578. The van der Waals surface area contributed by atoms with Crippen LogP contribution in [-0.2, 0) is 11.3 Å². The fraction of sp³-hybridized carbons (Fsp3) is 0.190. The second kappa shape index (κ2) is 9.38. The number of nitrogens with zero attached hydrogens (tertiary/aromatic N) is 2. The van der Waals surface area contributed by atoms with E-state index in [9.17, 15) is 14.0 Å². The van der Waals surface area contributed by atoms with Crippen molar-refractivity contribution in [3.05, 3.63) is 77.2 Å². The van der Waals surface area contributed by atoms with Gasteiger partial charge in [0.25, 0.3) is 5.91 Å². The maximum absolute atomic E-state index is 13.1. The molecule has 0 unspecified atom stereocenters. The molecule has 2 aromatic carbocycles. The van der Waals surface area contributed by atoms with Crippen LogP contribution in [0.3, 0.4) is 0 Å². The Labute approximate surface area is 172 Å². The van der Waals surface area contributed by atoms with E-state index >= 15 is 0 Å². The Hall–Kier alpha value is -3.13. The highest BCUT2D eigenvalue weighted by molar-refractivity contribution is 7.98. The predicted molar refractivity (Wildman–Crippen MR) is 110 cm³/mol. The summed E-state index contributed by atoms with van der Waals surface area (Å²) in [6, 6.07) is 14.7. The standard InChI is InChI=1S/C21H20FN3O3S/c1-3-28-20(27)17-18(23-19(26)15-9-11-16(22)12-10-15)24-21(29-2)25(17)13-14-7-5-4-6-8-14/h4-12H,3,13H2,1-2H3,(H,23,26). The van der Waals surface area contributed by atoms with Gasteiger partial charge in [-0.05, 0) is 43.0 Å². The van der Waals surface area contributed by atoms with Crippen molar-refractivity contribution >= 4 is 29.5 Å². The number of esters is 1. The molecule has 3 rings (SSSR count). The van der Waals surface area contributed by atoms with Crippen molar-refractivity contribution in [2.75, 3.05) is 18.2 Å². The molecule has 0 bridgehead atoms. The van der Waals surface area contributed by atoms with Gasteiger partial charge in [0.05, 0.1) is 13.2 Å². The molecule has 0 atom stereocenters. The Morgan fingerprint density at radius 3 is 2.45 bits per heavy atom. The molecule has 1 amide bonds. The summed E-state index contributed by atoms with van der Waals surface area (Å²) in [5, 5.41) is 3.22. The first-order valence-corrected chi connectivity index (χ1v) is 10.2. The average molecular weight is 413 g/mol. The minimum Gasteiger partial charge on any atom is -0.461 e. The second-order valence-corrected chi connectivity index (χ2v) is 6.82. The van der Waals surface area contributed by atoms with Crippen molar-refractivity contribution in [3.8, 4) is 0 Å². The third-order valence-electron chi connectivity index (χ3n) is 4.11. The molecule has 0 aliphatic heterocycles. The van der Waals surface area contributed by atoms with Crippen molar-refractivity contribution in [3.63, 3.8) is 0 Å². The fourth-order valence-corrected chi connectivity index (χ4v) is 3.33. The minimum absolute atomic E-state index is 0.109. The molecule has 0 aliphatic rings. The monoisotopic (exact) mass is 413 g/mol. The molecule has 1 N–H and O–H groups in total. The number of nitrogens with one attached hydrogen (secondary N) is 1. The number of thioether (sulfide) groups is 1. The van der Waals surface area contributed by atoms with Crippen LogP contribution >= 0.6 is 11.8 Å². The van der Waals surface area contributed by atoms with Crippen LogP contribution < -0.4 is 5.32 Å². The van der Waals surface area contributed by atoms with Crippen molar-refractivity contribution in [1.82, 2.24) is 9.55 Å². The SMILES string of the molecule is CCOC(=O)c1c(NC(=O)c2ccc(F)cc2)nc(SC)n1Cc1ccccc1. The lowest BCUT2D eigenvalue weighted by Crippen LogP contribution is -2.18. The largest absolute Gasteiger partial charge is 0.461 e. The van der Waals surface area contributed by atoms with Crippen molar-refractivity contribution in [1.29, 1.82) is 0 Å². The second-order valence-electron chi connectivity index (χ2n) is 6.05. The zero-order chi connectivity index (χ0) is 20.8. The van der Waals surface area contributed by atoms with Crippen LogP contribution in [0.1, 0.15) is 33.3 Å². The summed E-state index contributed by atoms with van der Waals surface area (Å²) in [5.41, 5.74) is 1.39. The Kier molecular flexibility index (Phi) is 6.66. The summed E-state index contributed by atoms with van der Waals surface area (Å²) in [6.07, 6.45) is 1.84. The number of hydrogen-bond donors (Lipinski definition) is 1. The summed E-state index contributed by atoms with van der Waals surface area (Å²) in [7, 11) is 0. The number of hydrogen-bond acceptors (Lipinski definition) is 5. The van der Waals surface area contributed by atoms with E-state index in [4.69, 9.17) is 4.74 Å². The molecule has 0 spiro atoms. The molecule has 0 fully saturated rings. The molecule has 0 aliphatic carbocycles. The molecule has 0 saturated carbocycles. The number of imidazole rings is 1. The molecule has 3 aromatic rings. The van der Waals surface area contributed by atoms with Crippen LogP contribution in [0.5, 0.6) is 0 Å². The highest BCUT2D eigenvalue weighted by Crippen LogP contribution is 2.26. The Bertz CT molecular complexity index is 1000. The summed E-state index contributed by atoms with van der Waals surface area (Å²) in [4.78, 5) is 29.7. The number of aromatic nitrogens is 2. The van der Waals surface area contributed by atoms with E-state index in [1.54, 1.807) is 11.5 Å². The van der Waals surface area contributed by atoms with Crippen LogP contribution in [0.25, 0.3) is 0 Å². The lowest BCUT2D eigenvalue weighted by molar-refractivity contribution is 0.0514. The smallest absolute Gasteiger partial charge is 0.358 e. The third kappa shape index (κ3) is 4.83. The first-order valence-electron chi connectivity index (χ1n) is 8.96. The number of rotatable bonds is 7. The van der Waals surface area contributed by atoms with Crippen LogP contribution in [0.15, 0.2) is 59.8 Å². The molecule has 8 heteroatoms. The van der Waals surface area contributed by atoms with Gasteiger partial charge in [-0.1, -0.05) is 42.1 Å². The van der Waals surface area contributed by atoms with Gasteiger partial charge in [-0.2, -0.15) is 0 Å². The van der Waals surface area contributed by atoms with Gasteiger partial charge in [0.1, 0.15) is 5.82 Å². The van der Waals surface area contributed by atoms with Crippen LogP contribution in [-0.4, -0.2) is 34.3 Å². The first-order chi connectivity index (χ1) is 14.0. The summed E-state index contributed by atoms with van der Waals surface area (Å²) >= 11 is 1.35. The molecule has 1 heterocycles. The molecular formula is C21H20FN3O3S. The van der Waals surface area contributed by atoms with Crippen LogP contribution in [0, 0.1) is 5.82 Å². The summed E-state index contributed by atoms with van der Waals surface area (Å²) in [5.74, 6) is -1.40. The lowest BCUT2D eigenvalue weighted by Gasteiger charge is -2.11. The van der Waals surface area contributed by atoms with Crippen LogP contribution in [0.4, 0.5) is 10.2 Å². The lowest BCUT2D eigenvalue weighted by atomic mass is 10.2. The molecule has 29 heavy (non-hydrogen) atoms. The highest BCUT2D eigenvalue weighted by Gasteiger charge is 2.26. The van der Waals surface area contributed by atoms with Gasteiger partial charge in [0, 0.05) is 5.56 Å². The number of benzene rings is 2. The highest BCUT2D eigenvalue weighted by atomic mass is 32.2. The molecular weight excluding hydrogens is 393 g/mol. The fourth-order valence-electron chi connectivity index (χ4n) is 2.78. The number of carbonyl (C=O) groups excluding carboxylic acids is 2. The van der Waals surface area contributed by atoms with Gasteiger partial charge in [0.15, 0.2) is 16.7 Å². The van der Waals surface area contributed by atoms with Gasteiger partial charge in [0.2, 0.25) is 0 Å². The molecule has 150 valence electrons. The average Bonchev–Trinajstić information content (AvgIpc) is 3.06. The Morgan fingerprint density at radius 2 is 1.83 bits per heavy atom. The number of ether oxygens (including phenoxy) is 1. The van der Waals surface area contributed by atoms with E-state index in [1.807, 2.05) is 36.6 Å². The van der Waals surface area contributed by atoms with E-state index < -0.39 is 17.7 Å².